The number of piperidine rings is 1. The number of nitrogens with zero attached hydrogens (tertiary/aromatic N) is 4. The molecule has 194 valence electrons. The largest absolute Gasteiger partial charge is 0.370 e. The molecule has 1 fully saturated rings. The molecule has 1 saturated heterocycles. The fraction of sp³-hybridized carbons (Fsp3) is 0.214. The molecule has 7 nitrogen and oxygen atoms in total. The molecular formula is C28H25BrClN5O2S. The second kappa shape index (κ2) is 10.3. The SMILES string of the molecule is O=S(=O)(c1ccc2ccccc2c1)N1CCCC(CNc2cc(-c3ccccc3Cl)nc3c(Br)cnn23)C1. The van der Waals surface area contributed by atoms with Crippen LogP contribution in [0.25, 0.3) is 27.7 Å². The lowest BCUT2D eigenvalue weighted by Crippen LogP contribution is -2.41. The summed E-state index contributed by atoms with van der Waals surface area (Å²) in [6.07, 6.45) is 3.45. The van der Waals surface area contributed by atoms with Crippen molar-refractivity contribution in [1.29, 1.82) is 0 Å². The van der Waals surface area contributed by atoms with Gasteiger partial charge in [-0.2, -0.15) is 13.9 Å². The van der Waals surface area contributed by atoms with Crippen LogP contribution in [0.2, 0.25) is 5.02 Å². The molecule has 0 radical (unpaired) electrons. The lowest BCUT2D eigenvalue weighted by molar-refractivity contribution is 0.275. The number of hydrogen-bond acceptors (Lipinski definition) is 5. The van der Waals surface area contributed by atoms with Crippen molar-refractivity contribution in [1.82, 2.24) is 18.9 Å². The zero-order chi connectivity index (χ0) is 26.3. The molecule has 2 aromatic heterocycles. The van der Waals surface area contributed by atoms with Gasteiger partial charge in [-0.05, 0) is 63.7 Å². The molecule has 38 heavy (non-hydrogen) atoms. The lowest BCUT2D eigenvalue weighted by Gasteiger charge is -2.32. The highest BCUT2D eigenvalue weighted by atomic mass is 79.9. The predicted octanol–water partition coefficient (Wildman–Crippen LogP) is 6.48. The third-order valence-electron chi connectivity index (χ3n) is 6.99. The van der Waals surface area contributed by atoms with Crippen molar-refractivity contribution in [2.24, 2.45) is 5.92 Å². The molecule has 0 amide bonds. The fourth-order valence-corrected chi connectivity index (χ4v) is 7.18. The van der Waals surface area contributed by atoms with E-state index >= 15 is 0 Å². The van der Waals surface area contributed by atoms with Crippen molar-refractivity contribution >= 4 is 59.8 Å². The van der Waals surface area contributed by atoms with Crippen LogP contribution < -0.4 is 5.32 Å². The van der Waals surface area contributed by atoms with Crippen LogP contribution >= 0.6 is 27.5 Å². The molecule has 1 N–H and O–H groups in total. The number of nitrogens with one attached hydrogen (secondary N) is 1. The summed E-state index contributed by atoms with van der Waals surface area (Å²) in [5, 5.41) is 10.5. The Morgan fingerprint density at radius 3 is 2.66 bits per heavy atom. The normalized spacial score (nSPS) is 16.7. The van der Waals surface area contributed by atoms with E-state index in [4.69, 9.17) is 16.6 Å². The van der Waals surface area contributed by atoms with Crippen molar-refractivity contribution in [3.8, 4) is 11.3 Å². The van der Waals surface area contributed by atoms with Crippen molar-refractivity contribution in [2.45, 2.75) is 17.7 Å². The summed E-state index contributed by atoms with van der Waals surface area (Å²) in [7, 11) is -3.59. The third-order valence-corrected chi connectivity index (χ3v) is 9.74. The van der Waals surface area contributed by atoms with E-state index in [-0.39, 0.29) is 5.92 Å². The van der Waals surface area contributed by atoms with Gasteiger partial charge >= 0.3 is 0 Å². The first-order valence-electron chi connectivity index (χ1n) is 12.4. The van der Waals surface area contributed by atoms with Crippen LogP contribution in [0, 0.1) is 5.92 Å². The van der Waals surface area contributed by atoms with Gasteiger partial charge in [-0.15, -0.1) is 0 Å². The molecule has 3 heterocycles. The van der Waals surface area contributed by atoms with E-state index in [2.05, 4.69) is 26.3 Å². The van der Waals surface area contributed by atoms with Crippen molar-refractivity contribution in [2.75, 3.05) is 25.0 Å². The minimum atomic E-state index is -3.59. The Bertz CT molecular complexity index is 1760. The topological polar surface area (TPSA) is 79.6 Å². The van der Waals surface area contributed by atoms with Crippen LogP contribution in [-0.2, 0) is 10.0 Å². The van der Waals surface area contributed by atoms with Crippen molar-refractivity contribution < 1.29 is 8.42 Å². The highest BCUT2D eigenvalue weighted by molar-refractivity contribution is 9.10. The van der Waals surface area contributed by atoms with Gasteiger partial charge in [0.2, 0.25) is 10.0 Å². The Labute approximate surface area is 234 Å². The van der Waals surface area contributed by atoms with Crippen LogP contribution in [-0.4, -0.2) is 47.0 Å². The summed E-state index contributed by atoms with van der Waals surface area (Å²) in [5.41, 5.74) is 2.24. The van der Waals surface area contributed by atoms with E-state index in [9.17, 15) is 8.42 Å². The molecule has 1 aliphatic rings. The van der Waals surface area contributed by atoms with Crippen molar-refractivity contribution in [3.05, 3.63) is 88.5 Å². The van der Waals surface area contributed by atoms with Crippen LogP contribution in [0.5, 0.6) is 0 Å². The first-order valence-corrected chi connectivity index (χ1v) is 15.0. The number of rotatable bonds is 6. The maximum Gasteiger partial charge on any atom is 0.243 e. The van der Waals surface area contributed by atoms with E-state index in [1.165, 1.54) is 0 Å². The number of hydrogen-bond donors (Lipinski definition) is 1. The van der Waals surface area contributed by atoms with Gasteiger partial charge in [0, 0.05) is 36.3 Å². The molecule has 3 aromatic carbocycles. The van der Waals surface area contributed by atoms with E-state index in [1.54, 1.807) is 27.2 Å². The van der Waals surface area contributed by atoms with Gasteiger partial charge in [0.15, 0.2) is 5.65 Å². The highest BCUT2D eigenvalue weighted by Crippen LogP contribution is 2.31. The summed E-state index contributed by atoms with van der Waals surface area (Å²) in [4.78, 5) is 5.10. The number of anilines is 1. The Hall–Kier alpha value is -2.98. The summed E-state index contributed by atoms with van der Waals surface area (Å²) in [6.45, 7) is 1.58. The number of sulfonamides is 1. The molecule has 0 saturated carbocycles. The minimum absolute atomic E-state index is 0.143. The molecule has 0 bridgehead atoms. The predicted molar refractivity (Wildman–Crippen MR) is 155 cm³/mol. The number of benzene rings is 3. The summed E-state index contributed by atoms with van der Waals surface area (Å²) < 4.78 is 31.2. The molecular weight excluding hydrogens is 586 g/mol. The van der Waals surface area contributed by atoms with Crippen LogP contribution in [0.3, 0.4) is 0 Å². The van der Waals surface area contributed by atoms with Gasteiger partial charge in [0.05, 0.1) is 21.3 Å². The Morgan fingerprint density at radius 2 is 1.82 bits per heavy atom. The molecule has 1 atom stereocenters. The Balaban J connectivity index is 1.23. The zero-order valence-corrected chi connectivity index (χ0v) is 23.5. The van der Waals surface area contributed by atoms with Crippen molar-refractivity contribution in [3.63, 3.8) is 0 Å². The van der Waals surface area contributed by atoms with Gasteiger partial charge in [-0.25, -0.2) is 13.4 Å². The molecule has 1 unspecified atom stereocenters. The van der Waals surface area contributed by atoms with E-state index in [0.717, 1.165) is 45.2 Å². The second-order valence-electron chi connectivity index (χ2n) is 9.50. The molecule has 6 rings (SSSR count). The quantitative estimate of drug-likeness (QED) is 0.238. The van der Waals surface area contributed by atoms with Crippen LogP contribution in [0.15, 0.2) is 88.4 Å². The van der Waals surface area contributed by atoms with E-state index in [1.807, 2.05) is 60.7 Å². The van der Waals surface area contributed by atoms with Gasteiger partial charge in [-0.3, -0.25) is 0 Å². The summed E-state index contributed by atoms with van der Waals surface area (Å²) >= 11 is 10.0. The molecule has 5 aromatic rings. The van der Waals surface area contributed by atoms with Gasteiger partial charge in [-0.1, -0.05) is 60.1 Å². The first-order chi connectivity index (χ1) is 18.4. The fourth-order valence-electron chi connectivity index (χ4n) is 5.01. The molecule has 1 aliphatic heterocycles. The lowest BCUT2D eigenvalue weighted by atomic mass is 10.00. The van der Waals surface area contributed by atoms with Gasteiger partial charge < -0.3 is 5.32 Å². The molecule has 0 spiro atoms. The standard InChI is InChI=1S/C28H25BrClN5O2S/c29-24-17-32-35-27(15-26(33-28(24)35)23-9-3-4-10-25(23)30)31-16-19-6-5-13-34(18-19)38(36,37)22-12-11-20-7-1-2-8-21(20)14-22/h1-4,7-12,14-15,17,19,31H,5-6,13,16,18H2. The second-order valence-corrected chi connectivity index (χ2v) is 12.7. The Morgan fingerprint density at radius 1 is 1.03 bits per heavy atom. The third kappa shape index (κ3) is 4.80. The first kappa shape index (κ1) is 25.3. The minimum Gasteiger partial charge on any atom is -0.370 e. The van der Waals surface area contributed by atoms with Crippen LogP contribution in [0.4, 0.5) is 5.82 Å². The number of halogens is 2. The van der Waals surface area contributed by atoms with Gasteiger partial charge in [0.25, 0.3) is 0 Å². The van der Waals surface area contributed by atoms with E-state index < -0.39 is 10.0 Å². The summed E-state index contributed by atoms with van der Waals surface area (Å²) in [5.74, 6) is 0.912. The smallest absolute Gasteiger partial charge is 0.243 e. The zero-order valence-electron chi connectivity index (χ0n) is 20.4. The maximum atomic E-state index is 13.5. The highest BCUT2D eigenvalue weighted by Gasteiger charge is 2.30. The number of aromatic nitrogens is 3. The molecule has 10 heteroatoms. The van der Waals surface area contributed by atoms with Gasteiger partial charge in [0.1, 0.15) is 5.82 Å². The Kier molecular flexibility index (Phi) is 6.86. The number of fused-ring (bicyclic) bond motifs is 2. The maximum absolute atomic E-state index is 13.5. The summed E-state index contributed by atoms with van der Waals surface area (Å²) in [6, 6.07) is 22.7. The average Bonchev–Trinajstić information content (AvgIpc) is 3.32. The molecule has 0 aliphatic carbocycles. The average molecular weight is 611 g/mol. The van der Waals surface area contributed by atoms with E-state index in [0.29, 0.717) is 35.2 Å². The monoisotopic (exact) mass is 609 g/mol. The van der Waals surface area contributed by atoms with Crippen LogP contribution in [0.1, 0.15) is 12.8 Å².